The van der Waals surface area contributed by atoms with Crippen molar-refractivity contribution in [3.8, 4) is 0 Å². The van der Waals surface area contributed by atoms with E-state index in [1.165, 1.54) is 34.1 Å². The van der Waals surface area contributed by atoms with E-state index in [1.807, 2.05) is 11.3 Å². The molecule has 4 heteroatoms. The predicted octanol–water partition coefficient (Wildman–Crippen LogP) is 5.92. The Balaban J connectivity index is 1.68. The van der Waals surface area contributed by atoms with Crippen molar-refractivity contribution in [1.82, 2.24) is 0 Å². The third-order valence-electron chi connectivity index (χ3n) is 4.61. The number of benzene rings is 1. The van der Waals surface area contributed by atoms with Crippen LogP contribution in [0.25, 0.3) is 10.1 Å². The second kappa shape index (κ2) is 8.01. The first-order chi connectivity index (χ1) is 11.2. The van der Waals surface area contributed by atoms with E-state index >= 15 is 0 Å². The molecule has 2 nitrogen and oxygen atoms in total. The minimum Gasteiger partial charge on any atom is -0.228 e. The summed E-state index contributed by atoms with van der Waals surface area (Å²) >= 11 is 1.81. The van der Waals surface area contributed by atoms with Crippen LogP contribution in [0.2, 0.25) is 0 Å². The highest BCUT2D eigenvalue weighted by atomic mass is 32.2. The van der Waals surface area contributed by atoms with E-state index in [0.29, 0.717) is 5.75 Å². The lowest BCUT2D eigenvalue weighted by Crippen LogP contribution is -2.30. The minimum atomic E-state index is -2.95. The summed E-state index contributed by atoms with van der Waals surface area (Å²) in [6.07, 6.45) is 6.40. The molecular weight excluding hydrogens is 336 g/mol. The van der Waals surface area contributed by atoms with Gasteiger partial charge in [-0.3, -0.25) is 0 Å². The fourth-order valence-electron chi connectivity index (χ4n) is 2.94. The van der Waals surface area contributed by atoms with Crippen LogP contribution < -0.4 is 0 Å². The molecule has 0 spiro atoms. The highest BCUT2D eigenvalue weighted by Gasteiger charge is 2.27. The van der Waals surface area contributed by atoms with Gasteiger partial charge in [0.25, 0.3) is 0 Å². The first-order valence-corrected chi connectivity index (χ1v) is 11.4. The van der Waals surface area contributed by atoms with Crippen molar-refractivity contribution in [3.05, 3.63) is 34.7 Å². The van der Waals surface area contributed by atoms with Gasteiger partial charge in [-0.1, -0.05) is 31.4 Å². The minimum absolute atomic E-state index is 0.324. The number of rotatable bonds is 8. The summed E-state index contributed by atoms with van der Waals surface area (Å²) in [7, 11) is -2.95. The highest BCUT2D eigenvalue weighted by molar-refractivity contribution is 7.92. The summed E-state index contributed by atoms with van der Waals surface area (Å²) in [5, 5.41) is 3.52. The Kier molecular flexibility index (Phi) is 6.49. The normalized spacial score (nSPS) is 12.8. The number of unbranched alkanes of at least 4 members (excludes halogenated alkanes) is 4. The maximum absolute atomic E-state index is 12.0. The molecule has 0 aliphatic rings. The van der Waals surface area contributed by atoms with E-state index in [-0.39, 0.29) is 0 Å². The zero-order chi connectivity index (χ0) is 17.8. The Hall–Kier alpha value is -0.870. The van der Waals surface area contributed by atoms with Crippen molar-refractivity contribution in [1.29, 1.82) is 0 Å². The summed E-state index contributed by atoms with van der Waals surface area (Å²) in [6, 6.07) is 6.83. The van der Waals surface area contributed by atoms with Crippen LogP contribution >= 0.6 is 11.3 Å². The molecule has 0 saturated carbocycles. The number of hydrogen-bond donors (Lipinski definition) is 0. The van der Waals surface area contributed by atoms with E-state index in [4.69, 9.17) is 0 Å². The molecule has 0 atom stereocenters. The second-order valence-electron chi connectivity index (χ2n) is 7.70. The summed E-state index contributed by atoms with van der Waals surface area (Å²) in [6.45, 7) is 7.55. The van der Waals surface area contributed by atoms with Gasteiger partial charge in [0, 0.05) is 4.70 Å². The Morgan fingerprint density at radius 1 is 1.00 bits per heavy atom. The summed E-state index contributed by atoms with van der Waals surface area (Å²) in [5.41, 5.74) is 2.80. The number of aryl methyl sites for hydroxylation is 2. The standard InChI is InChI=1S/C20H30O2S2/c1-16-14-17(15-18-11-12-23-19(16)18)10-8-6-5-7-9-13-24(21,22)20(2,3)4/h11-12,14-15H,5-10,13H2,1-4H3. The van der Waals surface area contributed by atoms with Gasteiger partial charge in [-0.25, -0.2) is 8.42 Å². The number of fused-ring (bicyclic) bond motifs is 1. The SMILES string of the molecule is Cc1cc(CCCCCCCS(=O)(=O)C(C)(C)C)cc2ccsc12. The van der Waals surface area contributed by atoms with Crippen molar-refractivity contribution in [2.75, 3.05) is 5.75 Å². The van der Waals surface area contributed by atoms with Gasteiger partial charge in [-0.15, -0.1) is 11.3 Å². The zero-order valence-electron chi connectivity index (χ0n) is 15.4. The van der Waals surface area contributed by atoms with Gasteiger partial charge in [0.05, 0.1) is 10.5 Å². The number of hydrogen-bond acceptors (Lipinski definition) is 3. The molecule has 0 fully saturated rings. The van der Waals surface area contributed by atoms with Crippen LogP contribution in [0.4, 0.5) is 0 Å². The molecule has 1 aromatic carbocycles. The van der Waals surface area contributed by atoms with Gasteiger partial charge in [0.15, 0.2) is 9.84 Å². The average Bonchev–Trinajstić information content (AvgIpc) is 2.94. The molecule has 2 aromatic rings. The van der Waals surface area contributed by atoms with E-state index < -0.39 is 14.6 Å². The van der Waals surface area contributed by atoms with Crippen LogP contribution in [0, 0.1) is 6.92 Å². The van der Waals surface area contributed by atoms with E-state index in [9.17, 15) is 8.42 Å². The van der Waals surface area contributed by atoms with Crippen LogP contribution in [-0.4, -0.2) is 18.9 Å². The zero-order valence-corrected chi connectivity index (χ0v) is 17.0. The topological polar surface area (TPSA) is 34.1 Å². The lowest BCUT2D eigenvalue weighted by molar-refractivity contribution is 0.552. The van der Waals surface area contributed by atoms with Crippen molar-refractivity contribution in [2.24, 2.45) is 0 Å². The van der Waals surface area contributed by atoms with Crippen LogP contribution in [0.1, 0.15) is 64.0 Å². The van der Waals surface area contributed by atoms with Crippen molar-refractivity contribution in [3.63, 3.8) is 0 Å². The molecule has 2 rings (SSSR count). The molecule has 24 heavy (non-hydrogen) atoms. The van der Waals surface area contributed by atoms with Crippen LogP contribution in [0.5, 0.6) is 0 Å². The largest absolute Gasteiger partial charge is 0.228 e. The first-order valence-electron chi connectivity index (χ1n) is 8.90. The maximum Gasteiger partial charge on any atom is 0.155 e. The number of sulfone groups is 1. The Morgan fingerprint density at radius 3 is 2.38 bits per heavy atom. The molecule has 0 aliphatic carbocycles. The molecule has 0 aliphatic heterocycles. The average molecular weight is 367 g/mol. The maximum atomic E-state index is 12.0. The van der Waals surface area contributed by atoms with Gasteiger partial charge in [-0.05, 0) is 74.9 Å². The highest BCUT2D eigenvalue weighted by Crippen LogP contribution is 2.26. The van der Waals surface area contributed by atoms with E-state index in [0.717, 1.165) is 25.7 Å². The number of thiophene rings is 1. The molecule has 0 bridgehead atoms. The van der Waals surface area contributed by atoms with Gasteiger partial charge < -0.3 is 0 Å². The fourth-order valence-corrected chi connectivity index (χ4v) is 5.00. The molecule has 0 unspecified atom stereocenters. The van der Waals surface area contributed by atoms with Gasteiger partial charge in [0.1, 0.15) is 0 Å². The van der Waals surface area contributed by atoms with Crippen LogP contribution in [0.3, 0.4) is 0 Å². The molecule has 0 radical (unpaired) electrons. The fraction of sp³-hybridized carbons (Fsp3) is 0.600. The van der Waals surface area contributed by atoms with Crippen molar-refractivity contribution >= 4 is 31.3 Å². The van der Waals surface area contributed by atoms with E-state index in [2.05, 4.69) is 30.5 Å². The Bertz CT molecular complexity index is 765. The molecular formula is C20H30O2S2. The van der Waals surface area contributed by atoms with Crippen molar-refractivity contribution < 1.29 is 8.42 Å². The third kappa shape index (κ3) is 5.06. The molecule has 0 N–H and O–H groups in total. The molecule has 0 amide bonds. The summed E-state index contributed by atoms with van der Waals surface area (Å²) in [4.78, 5) is 0. The molecule has 1 heterocycles. The van der Waals surface area contributed by atoms with Gasteiger partial charge in [-0.2, -0.15) is 0 Å². The lowest BCUT2D eigenvalue weighted by atomic mass is 10.0. The van der Waals surface area contributed by atoms with E-state index in [1.54, 1.807) is 20.8 Å². The molecule has 1 aromatic heterocycles. The van der Waals surface area contributed by atoms with Crippen LogP contribution in [0.15, 0.2) is 23.6 Å². The Labute approximate surface area is 151 Å². The molecule has 134 valence electrons. The quantitative estimate of drug-likeness (QED) is 0.544. The summed E-state index contributed by atoms with van der Waals surface area (Å²) < 4.78 is 24.9. The second-order valence-corrected chi connectivity index (χ2v) is 11.5. The Morgan fingerprint density at radius 2 is 1.67 bits per heavy atom. The van der Waals surface area contributed by atoms with Crippen molar-refractivity contribution in [2.45, 2.75) is 71.0 Å². The third-order valence-corrected chi connectivity index (χ3v) is 8.37. The lowest BCUT2D eigenvalue weighted by Gasteiger charge is -2.18. The van der Waals surface area contributed by atoms with Crippen LogP contribution in [-0.2, 0) is 16.3 Å². The van der Waals surface area contributed by atoms with Gasteiger partial charge >= 0.3 is 0 Å². The predicted molar refractivity (Wildman–Crippen MR) is 107 cm³/mol. The monoisotopic (exact) mass is 366 g/mol. The van der Waals surface area contributed by atoms with Gasteiger partial charge in [0.2, 0.25) is 0 Å². The first kappa shape index (κ1) is 19.5. The smallest absolute Gasteiger partial charge is 0.155 e. The summed E-state index contributed by atoms with van der Waals surface area (Å²) in [5.74, 6) is 0.324. The molecule has 0 saturated heterocycles.